The van der Waals surface area contributed by atoms with Crippen LogP contribution in [0.25, 0.3) is 0 Å². The van der Waals surface area contributed by atoms with Gasteiger partial charge in [-0.05, 0) is 0 Å². The van der Waals surface area contributed by atoms with Gasteiger partial charge in [0.2, 0.25) is 0 Å². The highest BCUT2D eigenvalue weighted by atomic mass is 16.5. The van der Waals surface area contributed by atoms with Gasteiger partial charge in [0.25, 0.3) is 0 Å². The molecule has 0 aromatic rings. The topological polar surface area (TPSA) is 97.6 Å². The van der Waals surface area contributed by atoms with Gasteiger partial charge in [0.15, 0.2) is 0 Å². The Labute approximate surface area is 108 Å². The molecule has 0 bridgehead atoms. The lowest BCUT2D eigenvalue weighted by Crippen LogP contribution is -2.09. The molecule has 0 radical (unpaired) electrons. The van der Waals surface area contributed by atoms with Crippen LogP contribution in [0, 0.1) is 0 Å². The normalized spacial score (nSPS) is 10.0. The molecule has 0 fully saturated rings. The summed E-state index contributed by atoms with van der Waals surface area (Å²) in [5, 5.41) is 24.7. The van der Waals surface area contributed by atoms with Crippen LogP contribution >= 0.6 is 0 Å². The second-order valence-electron chi connectivity index (χ2n) is 3.00. The molecule has 7 heteroatoms. The van der Waals surface area contributed by atoms with Gasteiger partial charge in [-0.2, -0.15) is 0 Å². The third-order valence-corrected chi connectivity index (χ3v) is 1.51. The molecule has 0 spiro atoms. The van der Waals surface area contributed by atoms with E-state index in [4.69, 9.17) is 29.5 Å². The maximum Gasteiger partial charge on any atom is 0.0701 e. The van der Waals surface area contributed by atoms with Crippen LogP contribution in [0.1, 0.15) is 0 Å². The van der Waals surface area contributed by atoms with Gasteiger partial charge in [-0.15, -0.1) is 0 Å². The van der Waals surface area contributed by atoms with E-state index in [1.54, 1.807) is 7.11 Å². The van der Waals surface area contributed by atoms with E-state index in [2.05, 4.69) is 4.74 Å². The molecule has 0 unspecified atom stereocenters. The highest BCUT2D eigenvalue weighted by molar-refractivity contribution is 4.30. The fraction of sp³-hybridized carbons (Fsp3) is 1.00. The molecular weight excluding hydrogens is 244 g/mol. The van der Waals surface area contributed by atoms with E-state index in [1.807, 2.05) is 0 Å². The Morgan fingerprint density at radius 3 is 1.17 bits per heavy atom. The zero-order valence-corrected chi connectivity index (χ0v) is 11.0. The highest BCUT2D eigenvalue weighted by Crippen LogP contribution is 1.76. The van der Waals surface area contributed by atoms with Gasteiger partial charge in [-0.25, -0.2) is 0 Å². The standard InChI is InChI=1S/C6H14O4.C5H12O3/c7-1-3-9-5-6-10-4-2-8;1-7-4-5-8-3-2-6/h7-8H,1-6H2;6H,2-5H2,1H3. The van der Waals surface area contributed by atoms with Crippen molar-refractivity contribution in [2.24, 2.45) is 0 Å². The summed E-state index contributed by atoms with van der Waals surface area (Å²) in [5.74, 6) is 0. The van der Waals surface area contributed by atoms with Gasteiger partial charge in [0, 0.05) is 7.11 Å². The summed E-state index contributed by atoms with van der Waals surface area (Å²) < 4.78 is 19.3. The van der Waals surface area contributed by atoms with Crippen LogP contribution in [0.5, 0.6) is 0 Å². The molecule has 112 valence electrons. The molecular formula is C11H26O7. The molecule has 7 nitrogen and oxygen atoms in total. The molecule has 3 N–H and O–H groups in total. The summed E-state index contributed by atoms with van der Waals surface area (Å²) in [6.07, 6.45) is 0. The predicted molar refractivity (Wildman–Crippen MR) is 65.6 cm³/mol. The maximum absolute atomic E-state index is 8.26. The van der Waals surface area contributed by atoms with Crippen molar-refractivity contribution in [3.8, 4) is 0 Å². The number of ether oxygens (including phenoxy) is 4. The summed E-state index contributed by atoms with van der Waals surface area (Å²) in [5.41, 5.74) is 0. The average Bonchev–Trinajstić information content (AvgIpc) is 2.40. The molecule has 0 aromatic carbocycles. The second kappa shape index (κ2) is 21.9. The summed E-state index contributed by atoms with van der Waals surface area (Å²) in [7, 11) is 1.61. The van der Waals surface area contributed by atoms with E-state index in [0.717, 1.165) is 0 Å². The van der Waals surface area contributed by atoms with Crippen LogP contribution in [0.2, 0.25) is 0 Å². The zero-order chi connectivity index (χ0) is 13.9. The lowest BCUT2D eigenvalue weighted by atomic mass is 10.7. The summed E-state index contributed by atoms with van der Waals surface area (Å²) in [6.45, 7) is 3.39. The molecule has 0 atom stereocenters. The quantitative estimate of drug-likeness (QED) is 0.377. The van der Waals surface area contributed by atoms with E-state index in [-0.39, 0.29) is 19.8 Å². The Bertz CT molecular complexity index is 110. The Kier molecular flexibility index (Phi) is 24.4. The maximum atomic E-state index is 8.26. The fourth-order valence-electron chi connectivity index (χ4n) is 0.760. The summed E-state index contributed by atoms with van der Waals surface area (Å²) in [6, 6.07) is 0. The zero-order valence-electron chi connectivity index (χ0n) is 11.0. The molecule has 0 amide bonds. The monoisotopic (exact) mass is 270 g/mol. The molecule has 0 saturated heterocycles. The number of methoxy groups -OCH3 is 1. The van der Waals surface area contributed by atoms with Gasteiger partial charge in [-0.1, -0.05) is 0 Å². The largest absolute Gasteiger partial charge is 0.394 e. The van der Waals surface area contributed by atoms with Crippen molar-refractivity contribution in [2.45, 2.75) is 0 Å². The lowest BCUT2D eigenvalue weighted by molar-refractivity contribution is 0.0222. The molecule has 0 aliphatic rings. The number of hydrogen-bond acceptors (Lipinski definition) is 7. The third kappa shape index (κ3) is 24.8. The smallest absolute Gasteiger partial charge is 0.0701 e. The Morgan fingerprint density at radius 1 is 0.556 bits per heavy atom. The molecule has 0 rings (SSSR count). The highest BCUT2D eigenvalue weighted by Gasteiger charge is 1.86. The van der Waals surface area contributed by atoms with E-state index < -0.39 is 0 Å². The van der Waals surface area contributed by atoms with Crippen molar-refractivity contribution in [1.82, 2.24) is 0 Å². The molecule has 0 saturated carbocycles. The van der Waals surface area contributed by atoms with Crippen LogP contribution in [0.4, 0.5) is 0 Å². The Morgan fingerprint density at radius 2 is 0.889 bits per heavy atom. The SMILES string of the molecule is COCCOCCO.OCCOCCOCCO. The van der Waals surface area contributed by atoms with Gasteiger partial charge in [0.1, 0.15) is 0 Å². The average molecular weight is 270 g/mol. The molecule has 18 heavy (non-hydrogen) atoms. The van der Waals surface area contributed by atoms with E-state index >= 15 is 0 Å². The second-order valence-corrected chi connectivity index (χ2v) is 3.00. The molecule has 0 aliphatic heterocycles. The van der Waals surface area contributed by atoms with Crippen LogP contribution in [-0.2, 0) is 18.9 Å². The van der Waals surface area contributed by atoms with Crippen LogP contribution < -0.4 is 0 Å². The van der Waals surface area contributed by atoms with E-state index in [9.17, 15) is 0 Å². The van der Waals surface area contributed by atoms with Crippen molar-refractivity contribution >= 4 is 0 Å². The number of aliphatic hydroxyl groups is 3. The molecule has 0 heterocycles. The number of aliphatic hydroxyl groups excluding tert-OH is 3. The van der Waals surface area contributed by atoms with Crippen LogP contribution in [0.15, 0.2) is 0 Å². The van der Waals surface area contributed by atoms with Crippen LogP contribution in [0.3, 0.4) is 0 Å². The lowest BCUT2D eigenvalue weighted by Gasteiger charge is -2.01. The van der Waals surface area contributed by atoms with E-state index in [1.165, 1.54) is 0 Å². The van der Waals surface area contributed by atoms with Crippen molar-refractivity contribution in [2.75, 3.05) is 73.2 Å². The minimum atomic E-state index is 0.0417. The van der Waals surface area contributed by atoms with Crippen molar-refractivity contribution < 1.29 is 34.3 Å². The summed E-state index contributed by atoms with van der Waals surface area (Å²) >= 11 is 0. The first kappa shape index (κ1) is 20.0. The number of rotatable bonds is 12. The fourth-order valence-corrected chi connectivity index (χ4v) is 0.760. The minimum Gasteiger partial charge on any atom is -0.394 e. The van der Waals surface area contributed by atoms with Gasteiger partial charge in [0.05, 0.1) is 66.1 Å². The Hall–Kier alpha value is -0.280. The Balaban J connectivity index is 0. The van der Waals surface area contributed by atoms with Crippen LogP contribution in [-0.4, -0.2) is 88.5 Å². The predicted octanol–water partition coefficient (Wildman–Crippen LogP) is -1.35. The molecule has 0 aromatic heterocycles. The first-order valence-electron chi connectivity index (χ1n) is 5.88. The first-order chi connectivity index (χ1) is 8.83. The van der Waals surface area contributed by atoms with Gasteiger partial charge in [-0.3, -0.25) is 0 Å². The molecule has 0 aliphatic carbocycles. The summed E-state index contributed by atoms with van der Waals surface area (Å²) in [4.78, 5) is 0. The third-order valence-electron chi connectivity index (χ3n) is 1.51. The number of hydrogen-bond donors (Lipinski definition) is 3. The first-order valence-corrected chi connectivity index (χ1v) is 5.88. The van der Waals surface area contributed by atoms with Gasteiger partial charge < -0.3 is 34.3 Å². The van der Waals surface area contributed by atoms with Crippen molar-refractivity contribution in [1.29, 1.82) is 0 Å². The van der Waals surface area contributed by atoms with E-state index in [0.29, 0.717) is 46.2 Å². The minimum absolute atomic E-state index is 0.0417. The van der Waals surface area contributed by atoms with Gasteiger partial charge >= 0.3 is 0 Å². The van der Waals surface area contributed by atoms with Crippen molar-refractivity contribution in [3.05, 3.63) is 0 Å². The van der Waals surface area contributed by atoms with Crippen molar-refractivity contribution in [3.63, 3.8) is 0 Å².